The molecule has 0 aromatic heterocycles. The second-order valence-electron chi connectivity index (χ2n) is 6.97. The van der Waals surface area contributed by atoms with Crippen LogP contribution < -0.4 is 5.32 Å². The number of carbonyl (C=O) groups excluding carboxylic acids is 1. The van der Waals surface area contributed by atoms with Crippen molar-refractivity contribution < 1.29 is 9.53 Å². The van der Waals surface area contributed by atoms with E-state index in [0.29, 0.717) is 0 Å². The largest absolute Gasteiger partial charge is 0.370 e. The molecule has 19 heavy (non-hydrogen) atoms. The minimum Gasteiger partial charge on any atom is -0.370 e. The second kappa shape index (κ2) is 4.74. The first-order valence-electron chi connectivity index (χ1n) is 7.73. The van der Waals surface area contributed by atoms with Crippen molar-refractivity contribution in [2.45, 2.75) is 69.6 Å². The number of nitrogens with one attached hydrogen (secondary N) is 1. The highest BCUT2D eigenvalue weighted by Crippen LogP contribution is 2.43. The van der Waals surface area contributed by atoms with Crippen molar-refractivity contribution in [2.24, 2.45) is 0 Å². The van der Waals surface area contributed by atoms with Crippen LogP contribution in [0.1, 0.15) is 52.4 Å². The van der Waals surface area contributed by atoms with Gasteiger partial charge in [-0.2, -0.15) is 0 Å². The fourth-order valence-corrected chi connectivity index (χ4v) is 3.91. The molecule has 3 rings (SSSR count). The predicted octanol–water partition coefficient (Wildman–Crippen LogP) is 1.69. The monoisotopic (exact) mass is 266 g/mol. The number of nitrogens with zero attached hydrogens (tertiary/aromatic N) is 1. The lowest BCUT2D eigenvalue weighted by Gasteiger charge is -2.39. The topological polar surface area (TPSA) is 41.6 Å². The summed E-state index contributed by atoms with van der Waals surface area (Å²) in [5.74, 6) is 0.217. The van der Waals surface area contributed by atoms with Crippen molar-refractivity contribution in [1.82, 2.24) is 10.2 Å². The standard InChI is InChI=1S/C15H26N2O2/c1-14(2)13(18)17(10-9-16-14)11-12-5-8-15(19-12)6-3-4-7-15/h12,16H,3-11H2,1-2H3. The maximum absolute atomic E-state index is 12.4. The Labute approximate surface area is 115 Å². The molecule has 3 fully saturated rings. The van der Waals surface area contributed by atoms with E-state index >= 15 is 0 Å². The average molecular weight is 266 g/mol. The highest BCUT2D eigenvalue weighted by molar-refractivity contribution is 5.86. The van der Waals surface area contributed by atoms with Gasteiger partial charge in [-0.05, 0) is 39.5 Å². The third kappa shape index (κ3) is 2.52. The molecular weight excluding hydrogens is 240 g/mol. The van der Waals surface area contributed by atoms with Crippen LogP contribution >= 0.6 is 0 Å². The van der Waals surface area contributed by atoms with E-state index in [2.05, 4.69) is 5.32 Å². The fourth-order valence-electron chi connectivity index (χ4n) is 3.91. The molecule has 4 nitrogen and oxygen atoms in total. The zero-order valence-corrected chi connectivity index (χ0v) is 12.2. The Balaban J connectivity index is 1.59. The molecule has 0 radical (unpaired) electrons. The summed E-state index contributed by atoms with van der Waals surface area (Å²) in [7, 11) is 0. The molecule has 1 aliphatic carbocycles. The van der Waals surface area contributed by atoms with Gasteiger partial charge in [-0.25, -0.2) is 0 Å². The molecule has 0 aromatic rings. The van der Waals surface area contributed by atoms with Crippen LogP contribution in [0.15, 0.2) is 0 Å². The van der Waals surface area contributed by atoms with Gasteiger partial charge in [0, 0.05) is 19.6 Å². The number of carbonyl (C=O) groups is 1. The molecule has 108 valence electrons. The average Bonchev–Trinajstić information content (AvgIpc) is 2.97. The smallest absolute Gasteiger partial charge is 0.242 e. The van der Waals surface area contributed by atoms with E-state index in [-0.39, 0.29) is 17.6 Å². The van der Waals surface area contributed by atoms with E-state index < -0.39 is 5.54 Å². The van der Waals surface area contributed by atoms with Crippen LogP contribution in [-0.4, -0.2) is 47.7 Å². The van der Waals surface area contributed by atoms with E-state index in [1.54, 1.807) is 0 Å². The van der Waals surface area contributed by atoms with E-state index in [1.807, 2.05) is 18.7 Å². The minimum atomic E-state index is -0.415. The molecule has 1 atom stereocenters. The van der Waals surface area contributed by atoms with Gasteiger partial charge in [-0.1, -0.05) is 12.8 Å². The molecule has 2 heterocycles. The molecule has 1 saturated carbocycles. The van der Waals surface area contributed by atoms with Crippen LogP contribution in [0.4, 0.5) is 0 Å². The number of hydrogen-bond acceptors (Lipinski definition) is 3. The van der Waals surface area contributed by atoms with Crippen molar-refractivity contribution in [3.8, 4) is 0 Å². The molecule has 0 aromatic carbocycles. The number of amides is 1. The molecule has 1 spiro atoms. The Morgan fingerprint density at radius 3 is 2.79 bits per heavy atom. The van der Waals surface area contributed by atoms with Crippen LogP contribution in [0.25, 0.3) is 0 Å². The highest BCUT2D eigenvalue weighted by Gasteiger charge is 2.44. The van der Waals surface area contributed by atoms with Crippen LogP contribution in [0.2, 0.25) is 0 Å². The molecule has 2 saturated heterocycles. The molecule has 1 unspecified atom stereocenters. The summed E-state index contributed by atoms with van der Waals surface area (Å²) in [6.45, 7) is 6.42. The second-order valence-corrected chi connectivity index (χ2v) is 6.97. The molecule has 1 N–H and O–H groups in total. The Hall–Kier alpha value is -0.610. The first-order chi connectivity index (χ1) is 9.01. The highest BCUT2D eigenvalue weighted by atomic mass is 16.5. The number of piperazine rings is 1. The maximum Gasteiger partial charge on any atom is 0.242 e. The molecular formula is C15H26N2O2. The first kappa shape index (κ1) is 13.4. The third-order valence-corrected chi connectivity index (χ3v) is 5.05. The summed E-state index contributed by atoms with van der Waals surface area (Å²) in [4.78, 5) is 14.4. The van der Waals surface area contributed by atoms with Gasteiger partial charge in [0.25, 0.3) is 0 Å². The Morgan fingerprint density at radius 1 is 1.32 bits per heavy atom. The zero-order valence-electron chi connectivity index (χ0n) is 12.2. The lowest BCUT2D eigenvalue weighted by atomic mass is 9.98. The minimum absolute atomic E-state index is 0.178. The van der Waals surface area contributed by atoms with Crippen molar-refractivity contribution in [2.75, 3.05) is 19.6 Å². The van der Waals surface area contributed by atoms with E-state index in [9.17, 15) is 4.79 Å². The first-order valence-corrected chi connectivity index (χ1v) is 7.73. The summed E-state index contributed by atoms with van der Waals surface area (Å²) in [6, 6.07) is 0. The Morgan fingerprint density at radius 2 is 2.05 bits per heavy atom. The fraction of sp³-hybridized carbons (Fsp3) is 0.933. The van der Waals surface area contributed by atoms with Gasteiger partial charge in [-0.3, -0.25) is 4.79 Å². The predicted molar refractivity (Wildman–Crippen MR) is 74.0 cm³/mol. The Kier molecular flexibility index (Phi) is 3.34. The number of ether oxygens (including phenoxy) is 1. The maximum atomic E-state index is 12.4. The van der Waals surface area contributed by atoms with Gasteiger partial charge in [0.2, 0.25) is 5.91 Å². The van der Waals surface area contributed by atoms with Gasteiger partial charge in [0.05, 0.1) is 17.2 Å². The van der Waals surface area contributed by atoms with Gasteiger partial charge in [-0.15, -0.1) is 0 Å². The van der Waals surface area contributed by atoms with Crippen molar-refractivity contribution in [3.63, 3.8) is 0 Å². The summed E-state index contributed by atoms with van der Waals surface area (Å²) in [5, 5.41) is 3.28. The van der Waals surface area contributed by atoms with Crippen molar-refractivity contribution >= 4 is 5.91 Å². The molecule has 0 bridgehead atoms. The lowest BCUT2D eigenvalue weighted by molar-refractivity contribution is -0.143. The van der Waals surface area contributed by atoms with Crippen molar-refractivity contribution in [1.29, 1.82) is 0 Å². The van der Waals surface area contributed by atoms with Crippen LogP contribution in [0, 0.1) is 0 Å². The van der Waals surface area contributed by atoms with Gasteiger partial charge in [0.1, 0.15) is 0 Å². The Bertz CT molecular complexity index is 361. The van der Waals surface area contributed by atoms with E-state index in [4.69, 9.17) is 4.74 Å². The molecule has 4 heteroatoms. The van der Waals surface area contributed by atoms with Crippen LogP contribution in [-0.2, 0) is 9.53 Å². The lowest BCUT2D eigenvalue weighted by Crippen LogP contribution is -2.62. The number of rotatable bonds is 2. The number of hydrogen-bond donors (Lipinski definition) is 1. The SMILES string of the molecule is CC1(C)NCCN(CC2CCC3(CCCC3)O2)C1=O. The summed E-state index contributed by atoms with van der Waals surface area (Å²) in [6.07, 6.45) is 7.66. The van der Waals surface area contributed by atoms with Crippen LogP contribution in [0.3, 0.4) is 0 Å². The van der Waals surface area contributed by atoms with E-state index in [1.165, 1.54) is 32.1 Å². The quantitative estimate of drug-likeness (QED) is 0.827. The summed E-state index contributed by atoms with van der Waals surface area (Å²) in [5.41, 5.74) is -0.237. The van der Waals surface area contributed by atoms with Gasteiger partial charge < -0.3 is 15.0 Å². The van der Waals surface area contributed by atoms with Crippen molar-refractivity contribution in [3.05, 3.63) is 0 Å². The van der Waals surface area contributed by atoms with Gasteiger partial charge >= 0.3 is 0 Å². The molecule has 1 amide bonds. The molecule has 3 aliphatic rings. The third-order valence-electron chi connectivity index (χ3n) is 5.05. The van der Waals surface area contributed by atoms with Gasteiger partial charge in [0.15, 0.2) is 0 Å². The summed E-state index contributed by atoms with van der Waals surface area (Å²) < 4.78 is 6.31. The summed E-state index contributed by atoms with van der Waals surface area (Å²) >= 11 is 0. The zero-order chi connectivity index (χ0) is 13.5. The molecule has 2 aliphatic heterocycles. The van der Waals surface area contributed by atoms with Crippen LogP contribution in [0.5, 0.6) is 0 Å². The normalized spacial score (nSPS) is 33.3. The van der Waals surface area contributed by atoms with E-state index in [0.717, 1.165) is 26.1 Å².